The molecule has 250 valence electrons. The van der Waals surface area contributed by atoms with Gasteiger partial charge in [0.1, 0.15) is 17.1 Å². The number of carbonyl (C=O) groups is 4. The molecule has 3 aliphatic rings. The van der Waals surface area contributed by atoms with Crippen molar-refractivity contribution in [1.82, 2.24) is 19.7 Å². The van der Waals surface area contributed by atoms with Gasteiger partial charge in [-0.05, 0) is 57.4 Å². The zero-order chi connectivity index (χ0) is 33.8. The maximum absolute atomic E-state index is 15.3. The van der Waals surface area contributed by atoms with E-state index in [2.05, 4.69) is 4.90 Å². The van der Waals surface area contributed by atoms with E-state index in [0.29, 0.717) is 16.7 Å². The summed E-state index contributed by atoms with van der Waals surface area (Å²) in [6, 6.07) is 7.43. The molecule has 0 spiro atoms. The molecule has 0 unspecified atom stereocenters. The molecule has 0 saturated carbocycles. The van der Waals surface area contributed by atoms with Crippen LogP contribution in [0.2, 0.25) is 0 Å². The first-order valence-corrected chi connectivity index (χ1v) is 15.4. The maximum atomic E-state index is 15.3. The van der Waals surface area contributed by atoms with Crippen LogP contribution in [0.1, 0.15) is 55.3 Å². The van der Waals surface area contributed by atoms with Crippen molar-refractivity contribution in [2.24, 2.45) is 5.41 Å². The van der Waals surface area contributed by atoms with E-state index in [1.165, 1.54) is 30.0 Å². The number of imide groups is 1. The topological polar surface area (TPSA) is 135 Å². The predicted molar refractivity (Wildman–Crippen MR) is 166 cm³/mol. The molecular weight excluding hydrogens is 613 g/mol. The third-order valence-electron chi connectivity index (χ3n) is 9.19. The Bertz CT molecular complexity index is 1760. The van der Waals surface area contributed by atoms with Crippen LogP contribution in [0.4, 0.5) is 15.0 Å². The number of nitrogens with zero attached hydrogens (tertiary/aromatic N) is 5. The van der Waals surface area contributed by atoms with Crippen LogP contribution < -0.4 is 9.64 Å². The lowest BCUT2D eigenvalue weighted by atomic mass is 9.93. The fourth-order valence-electron chi connectivity index (χ4n) is 6.34. The number of aromatic nitrogens is 1. The first-order chi connectivity index (χ1) is 22.3. The number of likely N-dealkylation sites (N-methyl/N-ethyl adjacent to an activating group) is 1. The van der Waals surface area contributed by atoms with Gasteiger partial charge in [-0.3, -0.25) is 14.4 Å². The minimum atomic E-state index is -1.89. The number of halogens is 1. The number of ether oxygens (including phenoxy) is 3. The number of esters is 1. The number of carbonyl (C=O) groups excluding carboxylic acids is 4. The number of piperidine rings is 1. The van der Waals surface area contributed by atoms with Crippen LogP contribution in [0, 0.1) is 11.2 Å². The van der Waals surface area contributed by atoms with Crippen LogP contribution in [-0.2, 0) is 31.1 Å². The van der Waals surface area contributed by atoms with Gasteiger partial charge in [0, 0.05) is 39.9 Å². The van der Waals surface area contributed by atoms with E-state index in [1.54, 1.807) is 46.1 Å². The van der Waals surface area contributed by atoms with Crippen molar-refractivity contribution >= 4 is 40.7 Å². The number of benzene rings is 1. The van der Waals surface area contributed by atoms with E-state index >= 15 is 4.39 Å². The highest BCUT2D eigenvalue weighted by Gasteiger charge is 2.61. The first-order valence-electron chi connectivity index (χ1n) is 15.4. The van der Waals surface area contributed by atoms with Gasteiger partial charge >= 0.3 is 12.0 Å². The number of fused-ring (bicyclic) bond motifs is 2. The van der Waals surface area contributed by atoms with Gasteiger partial charge in [-0.1, -0.05) is 6.07 Å². The fourth-order valence-corrected chi connectivity index (χ4v) is 6.34. The summed E-state index contributed by atoms with van der Waals surface area (Å²) in [5, 5.41) is 0. The third kappa shape index (κ3) is 5.33. The summed E-state index contributed by atoms with van der Waals surface area (Å²) in [6.07, 6.45) is 1.90. The van der Waals surface area contributed by atoms with E-state index in [-0.39, 0.29) is 36.3 Å². The van der Waals surface area contributed by atoms with Crippen LogP contribution in [0.15, 0.2) is 34.7 Å². The Hall–Kier alpha value is -4.72. The van der Waals surface area contributed by atoms with Gasteiger partial charge in [-0.25, -0.2) is 19.1 Å². The Balaban J connectivity index is 1.38. The van der Waals surface area contributed by atoms with E-state index in [4.69, 9.17) is 23.6 Å². The van der Waals surface area contributed by atoms with Gasteiger partial charge in [-0.2, -0.15) is 0 Å². The summed E-state index contributed by atoms with van der Waals surface area (Å²) in [4.78, 5) is 64.6. The fraction of sp³-hybridized carbons (Fsp3) is 0.485. The molecule has 0 aliphatic carbocycles. The van der Waals surface area contributed by atoms with Crippen LogP contribution >= 0.6 is 0 Å². The summed E-state index contributed by atoms with van der Waals surface area (Å²) in [5.41, 5.74) is -1.71. The Labute approximate surface area is 271 Å². The number of rotatable bonds is 8. The molecule has 2 aromatic heterocycles. The summed E-state index contributed by atoms with van der Waals surface area (Å²) >= 11 is 0. The molecule has 0 radical (unpaired) electrons. The summed E-state index contributed by atoms with van der Waals surface area (Å²) < 4.78 is 37.4. The summed E-state index contributed by atoms with van der Waals surface area (Å²) in [5.74, 6) is -2.16. The quantitative estimate of drug-likeness (QED) is 0.261. The molecule has 2 fully saturated rings. The Morgan fingerprint density at radius 2 is 1.83 bits per heavy atom. The van der Waals surface area contributed by atoms with Crippen molar-refractivity contribution < 1.29 is 42.2 Å². The Morgan fingerprint density at radius 1 is 1.11 bits per heavy atom. The average molecular weight is 652 g/mol. The van der Waals surface area contributed by atoms with Crippen molar-refractivity contribution in [3.05, 3.63) is 53.0 Å². The monoisotopic (exact) mass is 651 g/mol. The molecule has 13 nitrogen and oxygen atoms in total. The molecule has 0 N–H and O–H groups in total. The molecule has 1 aromatic carbocycles. The highest BCUT2D eigenvalue weighted by atomic mass is 19.1. The molecule has 6 rings (SSSR count). The van der Waals surface area contributed by atoms with Gasteiger partial charge in [0.2, 0.25) is 0 Å². The minimum Gasteiger partial charge on any atom is -0.494 e. The third-order valence-corrected chi connectivity index (χ3v) is 9.19. The van der Waals surface area contributed by atoms with Crippen LogP contribution in [0.5, 0.6) is 5.75 Å². The Kier molecular flexibility index (Phi) is 8.10. The van der Waals surface area contributed by atoms with E-state index in [1.807, 2.05) is 6.07 Å². The normalized spacial score (nSPS) is 20.5. The van der Waals surface area contributed by atoms with Crippen molar-refractivity contribution in [2.75, 3.05) is 52.5 Å². The van der Waals surface area contributed by atoms with E-state index in [0.717, 1.165) is 36.6 Å². The van der Waals surface area contributed by atoms with Crippen molar-refractivity contribution in [2.45, 2.75) is 51.8 Å². The maximum Gasteiger partial charge on any atom is 0.330 e. The van der Waals surface area contributed by atoms with Crippen LogP contribution in [0.25, 0.3) is 11.1 Å². The number of amides is 4. The largest absolute Gasteiger partial charge is 0.494 e. The molecule has 47 heavy (non-hydrogen) atoms. The highest BCUT2D eigenvalue weighted by Crippen LogP contribution is 2.42. The smallest absolute Gasteiger partial charge is 0.330 e. The predicted octanol–water partition coefficient (Wildman–Crippen LogP) is 3.88. The van der Waals surface area contributed by atoms with Crippen molar-refractivity contribution in [3.8, 4) is 5.75 Å². The number of urea groups is 1. The molecule has 14 heteroatoms. The molecule has 3 aliphatic heterocycles. The average Bonchev–Trinajstić information content (AvgIpc) is 3.67. The number of furan rings is 1. The first kappa shape index (κ1) is 32.2. The second-order valence-electron chi connectivity index (χ2n) is 13.1. The summed E-state index contributed by atoms with van der Waals surface area (Å²) in [7, 11) is 4.42. The second kappa shape index (κ2) is 11.8. The molecule has 2 saturated heterocycles. The van der Waals surface area contributed by atoms with Gasteiger partial charge < -0.3 is 33.3 Å². The second-order valence-corrected chi connectivity index (χ2v) is 13.1. The zero-order valence-corrected chi connectivity index (χ0v) is 27.3. The van der Waals surface area contributed by atoms with Gasteiger partial charge in [0.15, 0.2) is 29.4 Å². The SMILES string of the molecule is COc1ccc2c(c1F)C(=O)N(C[C@]1(c3cc4nc(N5CCC(OC)CC5)ccc4o3)C(=O)N(COC(=O)C(C)(C)C)C(=O)N1C)C2. The number of hydrogen-bond donors (Lipinski definition) is 0. The van der Waals surface area contributed by atoms with Crippen molar-refractivity contribution in [1.29, 1.82) is 0 Å². The molecule has 1 atom stereocenters. The molecule has 3 aromatic rings. The number of anilines is 1. The van der Waals surface area contributed by atoms with Crippen molar-refractivity contribution in [3.63, 3.8) is 0 Å². The highest BCUT2D eigenvalue weighted by molar-refractivity contribution is 6.08. The lowest BCUT2D eigenvalue weighted by Gasteiger charge is -2.34. The number of hydrogen-bond acceptors (Lipinski definition) is 10. The van der Waals surface area contributed by atoms with E-state index < -0.39 is 47.3 Å². The van der Waals surface area contributed by atoms with Gasteiger partial charge in [0.05, 0.1) is 30.7 Å². The number of pyridine rings is 1. The lowest BCUT2D eigenvalue weighted by molar-refractivity contribution is -0.158. The molecule has 5 heterocycles. The molecule has 0 bridgehead atoms. The zero-order valence-electron chi connectivity index (χ0n) is 27.3. The van der Waals surface area contributed by atoms with Gasteiger partial charge in [-0.15, -0.1) is 0 Å². The molecule has 4 amide bonds. The van der Waals surface area contributed by atoms with Gasteiger partial charge in [0.25, 0.3) is 11.8 Å². The Morgan fingerprint density at radius 3 is 2.49 bits per heavy atom. The standard InChI is InChI=1S/C33H38FN5O8/c1-32(2,3)30(42)46-18-39-29(41)33(36(4)31(39)43,17-38-16-19-7-8-23(45-6)27(34)26(19)28(38)40)24-15-21-22(47-24)9-10-25(35-21)37-13-11-20(44-5)12-14-37/h7-10,15,20H,11-14,16-18H2,1-6H3/t33-/m0/s1. The minimum absolute atomic E-state index is 0.0226. The van der Waals surface area contributed by atoms with Crippen LogP contribution in [0.3, 0.4) is 0 Å². The van der Waals surface area contributed by atoms with Crippen LogP contribution in [-0.4, -0.2) is 97.2 Å². The lowest BCUT2D eigenvalue weighted by Crippen LogP contribution is -2.53. The summed E-state index contributed by atoms with van der Waals surface area (Å²) in [6.45, 7) is 5.43. The van der Waals surface area contributed by atoms with E-state index in [9.17, 15) is 19.2 Å². The number of methoxy groups -OCH3 is 2. The molecular formula is C33H38FN5O8.